The summed E-state index contributed by atoms with van der Waals surface area (Å²) in [6, 6.07) is 13.3. The van der Waals surface area contributed by atoms with Crippen LogP contribution < -0.4 is 0 Å². The van der Waals surface area contributed by atoms with Crippen LogP contribution in [0.15, 0.2) is 47.4 Å². The molecule has 1 aliphatic heterocycles. The van der Waals surface area contributed by atoms with Crippen molar-refractivity contribution in [2.75, 3.05) is 20.6 Å². The van der Waals surface area contributed by atoms with E-state index in [1.807, 2.05) is 45.3 Å². The minimum Gasteiger partial charge on any atom is -0.309 e. The van der Waals surface area contributed by atoms with Gasteiger partial charge in [-0.3, -0.25) is 0 Å². The molecule has 0 radical (unpaired) electrons. The van der Waals surface area contributed by atoms with Gasteiger partial charge >= 0.3 is 0 Å². The summed E-state index contributed by atoms with van der Waals surface area (Å²) in [7, 11) is 0.553. The number of nitrogens with zero attached hydrogens (tertiary/aromatic N) is 2. The van der Waals surface area contributed by atoms with Crippen molar-refractivity contribution in [3.8, 4) is 11.3 Å². The number of hydrogen-bond acceptors (Lipinski definition) is 3. The van der Waals surface area contributed by atoms with Crippen molar-refractivity contribution in [2.24, 2.45) is 0 Å². The van der Waals surface area contributed by atoms with Crippen LogP contribution in [-0.4, -0.2) is 37.9 Å². The third kappa shape index (κ3) is 2.05. The molecule has 3 aromatic rings. The Morgan fingerprint density at radius 3 is 2.58 bits per heavy atom. The number of aryl methyl sites for hydroxylation is 1. The molecule has 4 nitrogen and oxygen atoms in total. The molecule has 0 amide bonds. The van der Waals surface area contributed by atoms with Crippen molar-refractivity contribution in [1.29, 1.82) is 0 Å². The van der Waals surface area contributed by atoms with Gasteiger partial charge < -0.3 is 4.90 Å². The van der Waals surface area contributed by atoms with E-state index in [9.17, 15) is 8.42 Å². The Bertz CT molecular complexity index is 1060. The van der Waals surface area contributed by atoms with Gasteiger partial charge in [0.1, 0.15) is 0 Å². The van der Waals surface area contributed by atoms with Crippen LogP contribution in [0.2, 0.25) is 0 Å². The van der Waals surface area contributed by atoms with Crippen molar-refractivity contribution >= 4 is 20.9 Å². The first kappa shape index (κ1) is 15.4. The predicted molar refractivity (Wildman–Crippen MR) is 97.0 cm³/mol. The van der Waals surface area contributed by atoms with Gasteiger partial charge in [-0.25, -0.2) is 12.4 Å². The number of fused-ring (bicyclic) bond motifs is 5. The Labute approximate surface area is 142 Å². The zero-order valence-corrected chi connectivity index (χ0v) is 14.9. The van der Waals surface area contributed by atoms with Gasteiger partial charge in [-0.05, 0) is 51.2 Å². The van der Waals surface area contributed by atoms with Crippen LogP contribution in [0.4, 0.5) is 0 Å². The van der Waals surface area contributed by atoms with Crippen LogP contribution in [0.5, 0.6) is 0 Å². The fourth-order valence-corrected chi connectivity index (χ4v) is 5.29. The van der Waals surface area contributed by atoms with Crippen LogP contribution in [0.3, 0.4) is 0 Å². The molecule has 0 fully saturated rings. The average molecular weight is 340 g/mol. The molecule has 0 atom stereocenters. The van der Waals surface area contributed by atoms with E-state index in [1.165, 1.54) is 3.97 Å². The molecule has 24 heavy (non-hydrogen) atoms. The maximum atomic E-state index is 13.1. The minimum absolute atomic E-state index is 0.411. The fourth-order valence-electron chi connectivity index (χ4n) is 3.53. The molecule has 1 aliphatic rings. The third-order valence-corrected chi connectivity index (χ3v) is 6.43. The highest BCUT2D eigenvalue weighted by Crippen LogP contribution is 2.45. The summed E-state index contributed by atoms with van der Waals surface area (Å²) in [6.45, 7) is 2.92. The lowest BCUT2D eigenvalue weighted by atomic mass is 10.0. The molecule has 0 unspecified atom stereocenters. The van der Waals surface area contributed by atoms with E-state index < -0.39 is 10.0 Å². The van der Waals surface area contributed by atoms with Gasteiger partial charge in [0, 0.05) is 17.5 Å². The highest BCUT2D eigenvalue weighted by molar-refractivity contribution is 7.90. The summed E-state index contributed by atoms with van der Waals surface area (Å²) in [5.41, 5.74) is 4.70. The second kappa shape index (κ2) is 5.19. The van der Waals surface area contributed by atoms with Crippen molar-refractivity contribution in [3.63, 3.8) is 0 Å². The largest absolute Gasteiger partial charge is 0.309 e. The molecule has 2 aromatic carbocycles. The van der Waals surface area contributed by atoms with E-state index in [2.05, 4.69) is 11.0 Å². The van der Waals surface area contributed by atoms with Crippen molar-refractivity contribution in [3.05, 3.63) is 53.6 Å². The van der Waals surface area contributed by atoms with Crippen LogP contribution in [-0.2, 0) is 16.4 Å². The predicted octanol–water partition coefficient (Wildman–Crippen LogP) is 3.27. The topological polar surface area (TPSA) is 42.3 Å². The Morgan fingerprint density at radius 2 is 1.83 bits per heavy atom. The summed E-state index contributed by atoms with van der Waals surface area (Å²) in [5.74, 6) is 0. The molecule has 5 heteroatoms. The summed E-state index contributed by atoms with van der Waals surface area (Å²) in [4.78, 5) is 2.54. The number of rotatable bonds is 3. The van der Waals surface area contributed by atoms with E-state index in [1.54, 1.807) is 12.1 Å². The van der Waals surface area contributed by atoms with Gasteiger partial charge in [0.2, 0.25) is 0 Å². The van der Waals surface area contributed by atoms with Crippen molar-refractivity contribution in [2.45, 2.75) is 18.2 Å². The Balaban J connectivity index is 2.11. The quantitative estimate of drug-likeness (QED) is 0.575. The monoisotopic (exact) mass is 340 g/mol. The summed E-state index contributed by atoms with van der Waals surface area (Å²) >= 11 is 0. The zero-order valence-electron chi connectivity index (χ0n) is 14.1. The molecule has 0 spiro atoms. The van der Waals surface area contributed by atoms with E-state index in [4.69, 9.17) is 0 Å². The van der Waals surface area contributed by atoms with Crippen LogP contribution in [0.1, 0.15) is 11.1 Å². The highest BCUT2D eigenvalue weighted by atomic mass is 32.2. The first-order valence-corrected chi connectivity index (χ1v) is 9.49. The van der Waals surface area contributed by atoms with Gasteiger partial charge in [-0.2, -0.15) is 0 Å². The smallest absolute Gasteiger partial charge is 0.269 e. The maximum absolute atomic E-state index is 13.1. The third-order valence-electron chi connectivity index (χ3n) is 4.65. The lowest BCUT2D eigenvalue weighted by Crippen LogP contribution is -2.15. The molecule has 0 saturated carbocycles. The molecule has 0 N–H and O–H groups in total. The van der Waals surface area contributed by atoms with Crippen LogP contribution in [0.25, 0.3) is 22.2 Å². The lowest BCUT2D eigenvalue weighted by molar-refractivity contribution is 0.414. The average Bonchev–Trinajstić information content (AvgIpc) is 2.97. The second-order valence-electron chi connectivity index (χ2n) is 6.67. The molecule has 0 bridgehead atoms. The Hall–Kier alpha value is -2.11. The second-order valence-corrected chi connectivity index (χ2v) is 8.42. The van der Waals surface area contributed by atoms with Crippen molar-refractivity contribution < 1.29 is 8.42 Å². The number of aromatic nitrogens is 1. The molecular formula is C19H20N2O2S. The molecule has 0 aliphatic carbocycles. The van der Waals surface area contributed by atoms with Crippen LogP contribution >= 0.6 is 0 Å². The fraction of sp³-hybridized carbons (Fsp3) is 0.263. The van der Waals surface area contributed by atoms with E-state index in [0.29, 0.717) is 4.90 Å². The molecular weight excluding hydrogens is 320 g/mol. The van der Waals surface area contributed by atoms with Gasteiger partial charge in [0.05, 0.1) is 16.1 Å². The van der Waals surface area contributed by atoms with Gasteiger partial charge in [-0.1, -0.05) is 29.8 Å². The molecule has 4 rings (SSSR count). The zero-order chi connectivity index (χ0) is 17.1. The number of benzene rings is 2. The van der Waals surface area contributed by atoms with E-state index >= 15 is 0 Å². The summed E-state index contributed by atoms with van der Waals surface area (Å²) in [5, 5.41) is 1.05. The lowest BCUT2D eigenvalue weighted by Gasteiger charge is -2.10. The summed E-state index contributed by atoms with van der Waals surface area (Å²) in [6.07, 6.45) is 0.819. The SMILES string of the molecule is Cc1ccc2c(c1)c(CCN(C)C)c1n2S(=O)(=O)c2ccccc2-1. The van der Waals surface area contributed by atoms with E-state index in [0.717, 1.165) is 46.3 Å². The van der Waals surface area contributed by atoms with Crippen molar-refractivity contribution in [1.82, 2.24) is 8.87 Å². The Morgan fingerprint density at radius 1 is 1.08 bits per heavy atom. The van der Waals surface area contributed by atoms with Crippen LogP contribution in [0, 0.1) is 6.92 Å². The number of hydrogen-bond donors (Lipinski definition) is 0. The standard InChI is InChI=1S/C19H20N2O2S/c1-13-8-9-17-16(12-13)14(10-11-20(2)3)19-15-6-4-5-7-18(15)24(22,23)21(17)19/h4-9,12H,10-11H2,1-3H3. The molecule has 124 valence electrons. The van der Waals surface area contributed by atoms with E-state index in [-0.39, 0.29) is 0 Å². The first-order chi connectivity index (χ1) is 11.4. The van der Waals surface area contributed by atoms with Gasteiger partial charge in [0.25, 0.3) is 10.0 Å². The Kier molecular flexibility index (Phi) is 3.34. The summed E-state index contributed by atoms with van der Waals surface area (Å²) < 4.78 is 27.7. The molecule has 2 heterocycles. The van der Waals surface area contributed by atoms with Gasteiger partial charge in [-0.15, -0.1) is 0 Å². The molecule has 1 aromatic heterocycles. The number of likely N-dealkylation sites (N-methyl/N-ethyl adjacent to an activating group) is 1. The first-order valence-electron chi connectivity index (χ1n) is 8.05. The highest BCUT2D eigenvalue weighted by Gasteiger charge is 2.36. The normalized spacial score (nSPS) is 15.0. The van der Waals surface area contributed by atoms with Gasteiger partial charge in [0.15, 0.2) is 0 Å². The maximum Gasteiger partial charge on any atom is 0.269 e. The minimum atomic E-state index is -3.52. The molecule has 0 saturated heterocycles.